The molecule has 0 unspecified atom stereocenters. The molecule has 0 bridgehead atoms. The molecule has 6 nitrogen and oxygen atoms in total. The molecular formula is C29H34N2O4. The van der Waals surface area contributed by atoms with Gasteiger partial charge in [0.15, 0.2) is 12.2 Å². The fourth-order valence-electron chi connectivity index (χ4n) is 3.92. The Balaban J connectivity index is 1.52. The van der Waals surface area contributed by atoms with E-state index in [0.717, 1.165) is 16.7 Å². The first-order valence-electron chi connectivity index (χ1n) is 11.9. The van der Waals surface area contributed by atoms with Gasteiger partial charge in [-0.2, -0.15) is 0 Å². The van der Waals surface area contributed by atoms with E-state index in [1.54, 1.807) is 0 Å². The lowest BCUT2D eigenvalue weighted by atomic mass is 9.92. The van der Waals surface area contributed by atoms with Gasteiger partial charge in [-0.25, -0.2) is 0 Å². The molecule has 2 amide bonds. The number of amides is 2. The normalized spacial score (nSPS) is 12.7. The highest BCUT2D eigenvalue weighted by molar-refractivity contribution is 5.90. The van der Waals surface area contributed by atoms with Gasteiger partial charge in [0, 0.05) is 20.1 Å². The summed E-state index contributed by atoms with van der Waals surface area (Å²) in [6.45, 7) is 4.86. The molecule has 0 saturated heterocycles. The molecule has 0 fully saturated rings. The number of benzene rings is 3. The molecule has 0 heterocycles. The monoisotopic (exact) mass is 474 g/mol. The molecule has 0 spiro atoms. The van der Waals surface area contributed by atoms with Crippen molar-refractivity contribution in [3.05, 3.63) is 95.6 Å². The Labute approximate surface area is 207 Å². The Morgan fingerprint density at radius 3 is 2.11 bits per heavy atom. The first kappa shape index (κ1) is 26.1. The maximum atomic E-state index is 12.5. The molecule has 0 radical (unpaired) electrons. The van der Waals surface area contributed by atoms with Crippen molar-refractivity contribution in [2.75, 3.05) is 13.6 Å². The quantitative estimate of drug-likeness (QED) is 0.419. The Morgan fingerprint density at radius 1 is 0.829 bits per heavy atom. The van der Waals surface area contributed by atoms with E-state index < -0.39 is 24.0 Å². The summed E-state index contributed by atoms with van der Waals surface area (Å²) in [5.41, 5.74) is 5.43. The molecule has 0 saturated carbocycles. The summed E-state index contributed by atoms with van der Waals surface area (Å²) in [6, 6.07) is 25.7. The van der Waals surface area contributed by atoms with Crippen molar-refractivity contribution in [3.8, 4) is 11.1 Å². The molecule has 3 aromatic rings. The van der Waals surface area contributed by atoms with Gasteiger partial charge in [-0.1, -0.05) is 92.7 Å². The van der Waals surface area contributed by atoms with Gasteiger partial charge in [0.25, 0.3) is 11.8 Å². The Kier molecular flexibility index (Phi) is 9.18. The molecule has 0 aliphatic rings. The van der Waals surface area contributed by atoms with E-state index in [0.29, 0.717) is 18.9 Å². The van der Waals surface area contributed by atoms with Crippen molar-refractivity contribution < 1.29 is 19.8 Å². The van der Waals surface area contributed by atoms with E-state index in [9.17, 15) is 19.8 Å². The third-order valence-electron chi connectivity index (χ3n) is 6.09. The van der Waals surface area contributed by atoms with Crippen molar-refractivity contribution in [1.29, 1.82) is 0 Å². The lowest BCUT2D eigenvalue weighted by molar-refractivity contribution is -0.152. The van der Waals surface area contributed by atoms with Crippen molar-refractivity contribution in [2.45, 2.75) is 44.9 Å². The number of aliphatic hydroxyl groups excluding tert-OH is 2. The predicted octanol–water partition coefficient (Wildman–Crippen LogP) is 3.52. The number of rotatable bonds is 10. The summed E-state index contributed by atoms with van der Waals surface area (Å²) in [5, 5.41) is 23.1. The molecule has 3 aromatic carbocycles. The van der Waals surface area contributed by atoms with E-state index >= 15 is 0 Å². The fourth-order valence-corrected chi connectivity index (χ4v) is 3.92. The van der Waals surface area contributed by atoms with Gasteiger partial charge in [-0.3, -0.25) is 9.59 Å². The molecule has 184 valence electrons. The van der Waals surface area contributed by atoms with Crippen LogP contribution < -0.4 is 5.32 Å². The number of nitrogens with zero attached hydrogens (tertiary/aromatic N) is 1. The minimum absolute atomic E-state index is 0.173. The van der Waals surface area contributed by atoms with Gasteiger partial charge in [-0.05, 0) is 40.2 Å². The van der Waals surface area contributed by atoms with Crippen molar-refractivity contribution in [2.24, 2.45) is 0 Å². The van der Waals surface area contributed by atoms with E-state index in [4.69, 9.17) is 0 Å². The highest BCUT2D eigenvalue weighted by Crippen LogP contribution is 2.29. The average Bonchev–Trinajstić information content (AvgIpc) is 2.89. The van der Waals surface area contributed by atoms with Crippen molar-refractivity contribution in [1.82, 2.24) is 10.2 Å². The summed E-state index contributed by atoms with van der Waals surface area (Å²) >= 11 is 0. The zero-order valence-corrected chi connectivity index (χ0v) is 20.5. The van der Waals surface area contributed by atoms with Gasteiger partial charge in [0.2, 0.25) is 0 Å². The second-order valence-electron chi connectivity index (χ2n) is 9.04. The molecule has 0 aromatic heterocycles. The molecule has 0 aliphatic heterocycles. The topological polar surface area (TPSA) is 89.9 Å². The van der Waals surface area contributed by atoms with E-state index in [1.165, 1.54) is 23.1 Å². The first-order chi connectivity index (χ1) is 16.8. The van der Waals surface area contributed by atoms with E-state index in [-0.39, 0.29) is 6.54 Å². The second-order valence-corrected chi connectivity index (χ2v) is 9.04. The van der Waals surface area contributed by atoms with Crippen molar-refractivity contribution >= 4 is 11.8 Å². The lowest BCUT2D eigenvalue weighted by Crippen LogP contribution is -2.50. The highest BCUT2D eigenvalue weighted by Gasteiger charge is 2.32. The SMILES string of the molecule is CC(C)c1ccccc1-c1ccc(CNC(=O)[C@H](O)[C@@H](O)C(=O)N(C)CCc2ccccc2)cc1. The number of carbonyl (C=O) groups is 2. The zero-order chi connectivity index (χ0) is 25.4. The summed E-state index contributed by atoms with van der Waals surface area (Å²) in [4.78, 5) is 26.2. The van der Waals surface area contributed by atoms with Crippen LogP contribution >= 0.6 is 0 Å². The third kappa shape index (κ3) is 7.01. The van der Waals surface area contributed by atoms with Crippen LogP contribution in [0.25, 0.3) is 11.1 Å². The number of carbonyl (C=O) groups excluding carboxylic acids is 2. The first-order valence-corrected chi connectivity index (χ1v) is 11.9. The Morgan fingerprint density at radius 2 is 1.46 bits per heavy atom. The molecule has 6 heteroatoms. The van der Waals surface area contributed by atoms with Gasteiger partial charge >= 0.3 is 0 Å². The van der Waals surface area contributed by atoms with Crippen LogP contribution in [-0.4, -0.2) is 52.7 Å². The van der Waals surface area contributed by atoms with Crippen LogP contribution in [0.3, 0.4) is 0 Å². The number of hydrogen-bond donors (Lipinski definition) is 3. The van der Waals surface area contributed by atoms with Gasteiger partial charge in [0.05, 0.1) is 0 Å². The van der Waals surface area contributed by atoms with Gasteiger partial charge < -0.3 is 20.4 Å². The number of likely N-dealkylation sites (N-methyl/N-ethyl adjacent to an activating group) is 1. The standard InChI is InChI=1S/C29H34N2O4/c1-20(2)24-11-7-8-12-25(24)23-15-13-22(14-16-23)19-30-28(34)26(32)27(33)29(35)31(3)18-17-21-9-5-4-6-10-21/h4-16,20,26-27,32-33H,17-19H2,1-3H3,(H,30,34)/t26-,27-/m1/s1. The van der Waals surface area contributed by atoms with Crippen LogP contribution in [0, 0.1) is 0 Å². The third-order valence-corrected chi connectivity index (χ3v) is 6.09. The summed E-state index contributed by atoms with van der Waals surface area (Å²) in [7, 11) is 1.54. The molecule has 2 atom stereocenters. The highest BCUT2D eigenvalue weighted by atomic mass is 16.3. The molecular weight excluding hydrogens is 440 g/mol. The van der Waals surface area contributed by atoms with Gasteiger partial charge in [0.1, 0.15) is 0 Å². The number of nitrogens with one attached hydrogen (secondary N) is 1. The second kappa shape index (κ2) is 12.3. The van der Waals surface area contributed by atoms with Crippen LogP contribution in [0.4, 0.5) is 0 Å². The molecule has 35 heavy (non-hydrogen) atoms. The van der Waals surface area contributed by atoms with Gasteiger partial charge in [-0.15, -0.1) is 0 Å². The maximum Gasteiger partial charge on any atom is 0.254 e. The smallest absolute Gasteiger partial charge is 0.254 e. The Bertz CT molecular complexity index is 1110. The zero-order valence-electron chi connectivity index (χ0n) is 20.5. The van der Waals surface area contributed by atoms with Crippen LogP contribution in [0.15, 0.2) is 78.9 Å². The van der Waals surface area contributed by atoms with Crippen LogP contribution in [0.5, 0.6) is 0 Å². The summed E-state index contributed by atoms with van der Waals surface area (Å²) in [6.07, 6.45) is -3.07. The fraction of sp³-hybridized carbons (Fsp3) is 0.310. The largest absolute Gasteiger partial charge is 0.380 e. The maximum absolute atomic E-state index is 12.5. The van der Waals surface area contributed by atoms with Crippen LogP contribution in [0.2, 0.25) is 0 Å². The number of aliphatic hydroxyl groups is 2. The predicted molar refractivity (Wildman–Crippen MR) is 138 cm³/mol. The summed E-state index contributed by atoms with van der Waals surface area (Å²) < 4.78 is 0. The van der Waals surface area contributed by atoms with Crippen LogP contribution in [0.1, 0.15) is 36.5 Å². The minimum Gasteiger partial charge on any atom is -0.380 e. The molecule has 3 rings (SSSR count). The summed E-state index contributed by atoms with van der Waals surface area (Å²) in [5.74, 6) is -1.09. The molecule has 0 aliphatic carbocycles. The Hall–Kier alpha value is -3.48. The van der Waals surface area contributed by atoms with E-state index in [2.05, 4.69) is 31.3 Å². The molecule has 3 N–H and O–H groups in total. The average molecular weight is 475 g/mol. The van der Waals surface area contributed by atoms with Crippen LogP contribution in [-0.2, 0) is 22.6 Å². The van der Waals surface area contributed by atoms with Crippen molar-refractivity contribution in [3.63, 3.8) is 0 Å². The minimum atomic E-state index is -1.85. The number of hydrogen-bond acceptors (Lipinski definition) is 4. The van der Waals surface area contributed by atoms with E-state index in [1.807, 2.05) is 66.7 Å². The lowest BCUT2D eigenvalue weighted by Gasteiger charge is -2.23.